The van der Waals surface area contributed by atoms with Crippen LogP contribution in [0.15, 0.2) is 35.3 Å². The van der Waals surface area contributed by atoms with Crippen LogP contribution in [0.5, 0.6) is 0 Å². The summed E-state index contributed by atoms with van der Waals surface area (Å²) in [4.78, 5) is 6.73. The SMILES string of the molecule is CCCN=C(N)NCCCOC1CCN(Cc2ccccc2)CC1. The lowest BCUT2D eigenvalue weighted by molar-refractivity contribution is 0.00535. The molecular formula is C19H32N4O. The van der Waals surface area contributed by atoms with Gasteiger partial charge < -0.3 is 15.8 Å². The molecule has 0 bridgehead atoms. The van der Waals surface area contributed by atoms with E-state index in [4.69, 9.17) is 10.5 Å². The molecule has 1 aliphatic rings. The zero-order valence-corrected chi connectivity index (χ0v) is 14.9. The zero-order valence-electron chi connectivity index (χ0n) is 14.9. The molecule has 0 saturated carbocycles. The average Bonchev–Trinajstić information content (AvgIpc) is 2.62. The van der Waals surface area contributed by atoms with Crippen molar-refractivity contribution >= 4 is 5.96 Å². The Balaban J connectivity index is 1.52. The zero-order chi connectivity index (χ0) is 17.0. The maximum absolute atomic E-state index is 6.00. The van der Waals surface area contributed by atoms with Crippen LogP contribution in [0.4, 0.5) is 0 Å². The predicted octanol–water partition coefficient (Wildman–Crippen LogP) is 2.37. The van der Waals surface area contributed by atoms with Gasteiger partial charge in [-0.15, -0.1) is 0 Å². The van der Waals surface area contributed by atoms with Crippen LogP contribution >= 0.6 is 0 Å². The highest BCUT2D eigenvalue weighted by atomic mass is 16.5. The smallest absolute Gasteiger partial charge is 0.188 e. The van der Waals surface area contributed by atoms with Gasteiger partial charge in [0, 0.05) is 39.3 Å². The molecular weight excluding hydrogens is 300 g/mol. The van der Waals surface area contributed by atoms with Gasteiger partial charge in [0.15, 0.2) is 5.96 Å². The van der Waals surface area contributed by atoms with Crippen LogP contribution in [0.2, 0.25) is 0 Å². The van der Waals surface area contributed by atoms with Crippen molar-refractivity contribution in [2.45, 2.75) is 45.3 Å². The van der Waals surface area contributed by atoms with E-state index >= 15 is 0 Å². The summed E-state index contributed by atoms with van der Waals surface area (Å²) in [6, 6.07) is 10.7. The Bertz CT molecular complexity index is 470. The highest BCUT2D eigenvalue weighted by Crippen LogP contribution is 2.16. The first-order chi connectivity index (χ1) is 11.8. The number of hydrogen-bond acceptors (Lipinski definition) is 3. The molecule has 1 aromatic rings. The first-order valence-corrected chi connectivity index (χ1v) is 9.19. The molecule has 0 radical (unpaired) electrons. The quantitative estimate of drug-likeness (QED) is 0.414. The van der Waals surface area contributed by atoms with Crippen LogP contribution < -0.4 is 11.1 Å². The molecule has 5 heteroatoms. The lowest BCUT2D eigenvalue weighted by Crippen LogP contribution is -2.37. The Morgan fingerprint density at radius 2 is 2.04 bits per heavy atom. The number of nitrogens with zero attached hydrogens (tertiary/aromatic N) is 2. The van der Waals surface area contributed by atoms with Crippen molar-refractivity contribution in [1.82, 2.24) is 10.2 Å². The highest BCUT2D eigenvalue weighted by molar-refractivity contribution is 5.77. The van der Waals surface area contributed by atoms with Crippen LogP contribution in [0.1, 0.15) is 38.2 Å². The van der Waals surface area contributed by atoms with Crippen LogP contribution in [0, 0.1) is 0 Å². The van der Waals surface area contributed by atoms with Crippen molar-refractivity contribution in [1.29, 1.82) is 0 Å². The van der Waals surface area contributed by atoms with Gasteiger partial charge in [-0.25, -0.2) is 0 Å². The number of benzene rings is 1. The molecule has 1 saturated heterocycles. The second-order valence-corrected chi connectivity index (χ2v) is 6.38. The Labute approximate surface area is 146 Å². The third-order valence-corrected chi connectivity index (χ3v) is 4.27. The summed E-state index contributed by atoms with van der Waals surface area (Å²) in [5.41, 5.74) is 7.15. The molecule has 1 aliphatic heterocycles. The Kier molecular flexibility index (Phi) is 8.63. The molecule has 2 rings (SSSR count). The normalized spacial score (nSPS) is 17.1. The van der Waals surface area contributed by atoms with Gasteiger partial charge in [-0.2, -0.15) is 0 Å². The Morgan fingerprint density at radius 3 is 2.75 bits per heavy atom. The summed E-state index contributed by atoms with van der Waals surface area (Å²) in [5, 5.41) is 3.13. The van der Waals surface area contributed by atoms with E-state index in [1.54, 1.807) is 0 Å². The number of piperidine rings is 1. The Hall–Kier alpha value is -1.59. The molecule has 24 heavy (non-hydrogen) atoms. The number of guanidine groups is 1. The molecule has 3 N–H and O–H groups in total. The molecule has 0 spiro atoms. The van der Waals surface area contributed by atoms with Crippen molar-refractivity contribution in [2.75, 3.05) is 32.8 Å². The minimum absolute atomic E-state index is 0.406. The summed E-state index contributed by atoms with van der Waals surface area (Å²) in [6.45, 7) is 7.78. The van der Waals surface area contributed by atoms with Crippen molar-refractivity contribution in [3.8, 4) is 0 Å². The van der Waals surface area contributed by atoms with Gasteiger partial charge in [0.1, 0.15) is 0 Å². The fraction of sp³-hybridized carbons (Fsp3) is 0.632. The maximum Gasteiger partial charge on any atom is 0.188 e. The van der Waals surface area contributed by atoms with Gasteiger partial charge in [0.25, 0.3) is 0 Å². The standard InChI is InChI=1S/C19H32N4O/c1-2-11-21-19(20)22-12-6-15-24-18-9-13-23(14-10-18)16-17-7-4-3-5-8-17/h3-5,7-8,18H,2,6,9-16H2,1H3,(H3,20,21,22). The van der Waals surface area contributed by atoms with E-state index in [9.17, 15) is 0 Å². The number of nitrogens with two attached hydrogens (primary N) is 1. The van der Waals surface area contributed by atoms with Crippen molar-refractivity contribution in [3.63, 3.8) is 0 Å². The highest BCUT2D eigenvalue weighted by Gasteiger charge is 2.19. The summed E-state index contributed by atoms with van der Waals surface area (Å²) >= 11 is 0. The molecule has 1 aromatic carbocycles. The van der Waals surface area contributed by atoms with Gasteiger partial charge in [-0.3, -0.25) is 9.89 Å². The number of nitrogens with one attached hydrogen (secondary N) is 1. The molecule has 0 aliphatic carbocycles. The van der Waals surface area contributed by atoms with E-state index in [0.717, 1.165) is 65.0 Å². The number of rotatable bonds is 9. The van der Waals surface area contributed by atoms with Crippen LogP contribution in [-0.2, 0) is 11.3 Å². The molecule has 0 unspecified atom stereocenters. The minimum atomic E-state index is 0.406. The lowest BCUT2D eigenvalue weighted by Gasteiger charge is -2.32. The lowest BCUT2D eigenvalue weighted by atomic mass is 10.1. The second-order valence-electron chi connectivity index (χ2n) is 6.38. The molecule has 0 amide bonds. The minimum Gasteiger partial charge on any atom is -0.378 e. The summed E-state index contributed by atoms with van der Waals surface area (Å²) < 4.78 is 6.00. The van der Waals surface area contributed by atoms with Gasteiger partial charge in [-0.1, -0.05) is 37.3 Å². The van der Waals surface area contributed by atoms with E-state index < -0.39 is 0 Å². The monoisotopic (exact) mass is 332 g/mol. The fourth-order valence-corrected chi connectivity index (χ4v) is 2.90. The first kappa shape index (κ1) is 18.7. The van der Waals surface area contributed by atoms with E-state index in [-0.39, 0.29) is 0 Å². The van der Waals surface area contributed by atoms with Gasteiger partial charge in [-0.05, 0) is 31.2 Å². The second kappa shape index (κ2) is 11.0. The molecule has 134 valence electrons. The maximum atomic E-state index is 6.00. The number of ether oxygens (including phenoxy) is 1. The van der Waals surface area contributed by atoms with Crippen molar-refractivity contribution in [2.24, 2.45) is 10.7 Å². The van der Waals surface area contributed by atoms with Gasteiger partial charge in [0.05, 0.1) is 6.10 Å². The first-order valence-electron chi connectivity index (χ1n) is 9.19. The van der Waals surface area contributed by atoms with E-state index in [1.807, 2.05) is 0 Å². The summed E-state index contributed by atoms with van der Waals surface area (Å²) in [5.74, 6) is 0.547. The van der Waals surface area contributed by atoms with Crippen molar-refractivity contribution < 1.29 is 4.74 Å². The van der Waals surface area contributed by atoms with E-state index in [0.29, 0.717) is 12.1 Å². The molecule has 1 fully saturated rings. The van der Waals surface area contributed by atoms with E-state index in [2.05, 4.69) is 52.5 Å². The third kappa shape index (κ3) is 7.32. The van der Waals surface area contributed by atoms with Gasteiger partial charge in [0.2, 0.25) is 0 Å². The summed E-state index contributed by atoms with van der Waals surface area (Å²) in [7, 11) is 0. The molecule has 0 atom stereocenters. The average molecular weight is 332 g/mol. The van der Waals surface area contributed by atoms with Crippen molar-refractivity contribution in [3.05, 3.63) is 35.9 Å². The van der Waals surface area contributed by atoms with Crippen LogP contribution in [-0.4, -0.2) is 49.7 Å². The largest absolute Gasteiger partial charge is 0.378 e. The third-order valence-electron chi connectivity index (χ3n) is 4.27. The number of hydrogen-bond donors (Lipinski definition) is 2. The van der Waals surface area contributed by atoms with Crippen LogP contribution in [0.3, 0.4) is 0 Å². The summed E-state index contributed by atoms with van der Waals surface area (Å²) in [6.07, 6.45) is 4.64. The van der Waals surface area contributed by atoms with E-state index in [1.165, 1.54) is 5.56 Å². The number of likely N-dealkylation sites (tertiary alicyclic amines) is 1. The molecule has 5 nitrogen and oxygen atoms in total. The molecule has 1 heterocycles. The number of aliphatic imine (C=N–C) groups is 1. The predicted molar refractivity (Wildman–Crippen MR) is 100 cm³/mol. The Morgan fingerprint density at radius 1 is 1.29 bits per heavy atom. The van der Waals surface area contributed by atoms with Gasteiger partial charge >= 0.3 is 0 Å². The topological polar surface area (TPSA) is 62.9 Å². The van der Waals surface area contributed by atoms with Crippen LogP contribution in [0.25, 0.3) is 0 Å². The molecule has 0 aromatic heterocycles. The fourth-order valence-electron chi connectivity index (χ4n) is 2.90.